The van der Waals surface area contributed by atoms with Crippen LogP contribution in [0.5, 0.6) is 17.2 Å². The largest absolute Gasteiger partial charge is 0.494 e. The third kappa shape index (κ3) is 6.84. The van der Waals surface area contributed by atoms with Gasteiger partial charge in [-0.2, -0.15) is 9.78 Å². The first kappa shape index (κ1) is 32.4. The monoisotopic (exact) mass is 731 g/mol. The normalized spacial score (nSPS) is 11.5. The van der Waals surface area contributed by atoms with E-state index in [1.807, 2.05) is 56.3 Å². The molecule has 0 bridgehead atoms. The molecule has 1 aromatic heterocycles. The Morgan fingerprint density at radius 3 is 2.38 bits per heavy atom. The van der Waals surface area contributed by atoms with E-state index in [-0.39, 0.29) is 11.5 Å². The highest BCUT2D eigenvalue weighted by Gasteiger charge is 2.20. The van der Waals surface area contributed by atoms with Gasteiger partial charge in [-0.25, -0.2) is 4.98 Å². The lowest BCUT2D eigenvalue weighted by molar-refractivity contribution is 0.282. The molecular formula is C36H35Br2N3O4. The highest BCUT2D eigenvalue weighted by Crippen LogP contribution is 2.43. The van der Waals surface area contributed by atoms with Gasteiger partial charge < -0.3 is 14.2 Å². The van der Waals surface area contributed by atoms with Gasteiger partial charge in [0, 0.05) is 15.6 Å². The molecule has 0 aliphatic heterocycles. The van der Waals surface area contributed by atoms with E-state index in [1.165, 1.54) is 10.2 Å². The van der Waals surface area contributed by atoms with Crippen LogP contribution < -0.4 is 19.8 Å². The Kier molecular flexibility index (Phi) is 10.1. The average Bonchev–Trinajstić information content (AvgIpc) is 3.02. The molecule has 0 fully saturated rings. The zero-order valence-electron chi connectivity index (χ0n) is 26.2. The molecule has 1 heterocycles. The molecule has 5 aromatic rings. The fourth-order valence-corrected chi connectivity index (χ4v) is 5.96. The van der Waals surface area contributed by atoms with Crippen LogP contribution in [0.2, 0.25) is 0 Å². The minimum Gasteiger partial charge on any atom is -0.494 e. The summed E-state index contributed by atoms with van der Waals surface area (Å²) in [6.07, 6.45) is 1.62. The summed E-state index contributed by atoms with van der Waals surface area (Å²) in [6, 6.07) is 21.4. The summed E-state index contributed by atoms with van der Waals surface area (Å²) in [6.45, 7) is 11.2. The van der Waals surface area contributed by atoms with Crippen molar-refractivity contribution in [3.8, 4) is 28.6 Å². The lowest BCUT2D eigenvalue weighted by Gasteiger charge is -2.18. The predicted molar refractivity (Wildman–Crippen MR) is 188 cm³/mol. The number of methoxy groups -OCH3 is 1. The zero-order chi connectivity index (χ0) is 32.2. The Morgan fingerprint density at radius 2 is 1.69 bits per heavy atom. The summed E-state index contributed by atoms with van der Waals surface area (Å²) in [7, 11) is 1.59. The summed E-state index contributed by atoms with van der Waals surface area (Å²) < 4.78 is 20.6. The van der Waals surface area contributed by atoms with E-state index in [9.17, 15) is 4.79 Å². The van der Waals surface area contributed by atoms with Crippen molar-refractivity contribution in [1.82, 2.24) is 9.66 Å². The highest BCUT2D eigenvalue weighted by atomic mass is 79.9. The van der Waals surface area contributed by atoms with Crippen molar-refractivity contribution >= 4 is 49.0 Å². The molecule has 0 N–H and O–H groups in total. The molecule has 0 radical (unpaired) electrons. The van der Waals surface area contributed by atoms with E-state index < -0.39 is 0 Å². The molecule has 0 aliphatic carbocycles. The Hall–Kier alpha value is -3.95. The molecule has 0 amide bonds. The maximum atomic E-state index is 13.9. The van der Waals surface area contributed by atoms with Crippen molar-refractivity contribution in [1.29, 1.82) is 0 Å². The van der Waals surface area contributed by atoms with Crippen molar-refractivity contribution in [3.63, 3.8) is 0 Å². The van der Waals surface area contributed by atoms with E-state index in [2.05, 4.69) is 70.8 Å². The number of aromatic nitrogens is 2. The summed E-state index contributed by atoms with van der Waals surface area (Å²) >= 11 is 7.37. The van der Waals surface area contributed by atoms with E-state index in [0.29, 0.717) is 55.9 Å². The first-order chi connectivity index (χ1) is 21.6. The predicted octanol–water partition coefficient (Wildman–Crippen LogP) is 9.20. The fourth-order valence-electron chi connectivity index (χ4n) is 5.02. The van der Waals surface area contributed by atoms with Crippen LogP contribution in [0.4, 0.5) is 0 Å². The van der Waals surface area contributed by atoms with Crippen LogP contribution >= 0.6 is 31.9 Å². The first-order valence-electron chi connectivity index (χ1n) is 14.7. The van der Waals surface area contributed by atoms with Gasteiger partial charge in [0.25, 0.3) is 5.56 Å². The summed E-state index contributed by atoms with van der Waals surface area (Å²) in [4.78, 5) is 18.9. The molecular weight excluding hydrogens is 698 g/mol. The molecule has 9 heteroatoms. The molecule has 0 unspecified atom stereocenters. The van der Waals surface area contributed by atoms with Crippen LogP contribution in [0.15, 0.2) is 85.6 Å². The van der Waals surface area contributed by atoms with Gasteiger partial charge in [0.1, 0.15) is 12.4 Å². The number of hydrogen-bond acceptors (Lipinski definition) is 6. The second kappa shape index (κ2) is 14.0. The summed E-state index contributed by atoms with van der Waals surface area (Å²) in [5.41, 5.74) is 6.00. The van der Waals surface area contributed by atoms with E-state index in [0.717, 1.165) is 28.0 Å². The van der Waals surface area contributed by atoms with Crippen LogP contribution in [-0.4, -0.2) is 29.6 Å². The van der Waals surface area contributed by atoms with E-state index in [1.54, 1.807) is 19.4 Å². The van der Waals surface area contributed by atoms with Crippen molar-refractivity contribution in [2.24, 2.45) is 5.10 Å². The zero-order valence-corrected chi connectivity index (χ0v) is 29.3. The Bertz CT molecular complexity index is 1950. The fraction of sp³-hybridized carbons (Fsp3) is 0.250. The maximum Gasteiger partial charge on any atom is 0.282 e. The number of rotatable bonds is 10. The number of para-hydroxylation sites is 1. The molecule has 0 atom stereocenters. The van der Waals surface area contributed by atoms with Crippen LogP contribution in [0, 0.1) is 13.8 Å². The number of benzene rings is 4. The average molecular weight is 734 g/mol. The number of halogens is 2. The molecule has 5 rings (SSSR count). The minimum atomic E-state index is -0.272. The van der Waals surface area contributed by atoms with Gasteiger partial charge in [-0.3, -0.25) is 4.79 Å². The molecule has 232 valence electrons. The highest BCUT2D eigenvalue weighted by molar-refractivity contribution is 9.13. The Balaban J connectivity index is 1.62. The molecule has 0 saturated heterocycles. The van der Waals surface area contributed by atoms with Gasteiger partial charge >= 0.3 is 0 Å². The van der Waals surface area contributed by atoms with Gasteiger partial charge in [-0.05, 0) is 106 Å². The lowest BCUT2D eigenvalue weighted by atomic mass is 9.96. The molecule has 0 aliphatic rings. The number of fused-ring (bicyclic) bond motifs is 1. The van der Waals surface area contributed by atoms with Crippen molar-refractivity contribution in [2.75, 3.05) is 13.7 Å². The molecule has 7 nitrogen and oxygen atoms in total. The molecule has 4 aromatic carbocycles. The van der Waals surface area contributed by atoms with Crippen LogP contribution in [0.3, 0.4) is 0 Å². The number of hydrogen-bond donors (Lipinski definition) is 0. The standard InChI is InChI=1S/C36H35Br2N3O4/c1-7-44-30-16-23(5)28(18-27(30)21(2)3)35-40-29-11-9-8-10-26(29)36(42)41(35)39-19-25-17-31(43-6)34(33(38)32(25)37)45-20-24-14-12-22(4)13-15-24/h8-19,21H,7,20H2,1-6H3. The third-order valence-electron chi connectivity index (χ3n) is 7.47. The SMILES string of the molecule is CCOc1cc(C)c(-c2nc3ccccc3c(=O)n2N=Cc2cc(OC)c(OCc3ccc(C)cc3)c(Br)c2Br)cc1C(C)C. The number of nitrogens with zero attached hydrogens (tertiary/aromatic N) is 3. The van der Waals surface area contributed by atoms with Crippen molar-refractivity contribution < 1.29 is 14.2 Å². The smallest absolute Gasteiger partial charge is 0.282 e. The Morgan fingerprint density at radius 1 is 0.956 bits per heavy atom. The quantitative estimate of drug-likeness (QED) is 0.134. The first-order valence-corrected chi connectivity index (χ1v) is 16.3. The number of aryl methyl sites for hydroxylation is 2. The third-order valence-corrected chi connectivity index (χ3v) is 9.61. The van der Waals surface area contributed by atoms with E-state index >= 15 is 0 Å². The van der Waals surface area contributed by atoms with Gasteiger partial charge in [0.05, 0.1) is 35.3 Å². The van der Waals surface area contributed by atoms with Gasteiger partial charge in [0.15, 0.2) is 17.3 Å². The van der Waals surface area contributed by atoms with Crippen LogP contribution in [-0.2, 0) is 6.61 Å². The van der Waals surface area contributed by atoms with Gasteiger partial charge in [-0.1, -0.05) is 55.8 Å². The van der Waals surface area contributed by atoms with E-state index in [4.69, 9.17) is 24.3 Å². The minimum absolute atomic E-state index is 0.197. The number of ether oxygens (including phenoxy) is 3. The summed E-state index contributed by atoms with van der Waals surface area (Å²) in [5.74, 6) is 2.54. The van der Waals surface area contributed by atoms with Crippen molar-refractivity contribution in [3.05, 3.63) is 114 Å². The van der Waals surface area contributed by atoms with Gasteiger partial charge in [0.2, 0.25) is 0 Å². The summed E-state index contributed by atoms with van der Waals surface area (Å²) in [5, 5.41) is 5.20. The van der Waals surface area contributed by atoms with Crippen LogP contribution in [0.1, 0.15) is 54.5 Å². The lowest BCUT2D eigenvalue weighted by Crippen LogP contribution is -2.21. The van der Waals surface area contributed by atoms with Crippen LogP contribution in [0.25, 0.3) is 22.3 Å². The topological polar surface area (TPSA) is 74.9 Å². The van der Waals surface area contributed by atoms with Gasteiger partial charge in [-0.15, -0.1) is 0 Å². The maximum absolute atomic E-state index is 13.9. The molecule has 0 spiro atoms. The second-order valence-corrected chi connectivity index (χ2v) is 12.6. The molecule has 0 saturated carbocycles. The molecule has 45 heavy (non-hydrogen) atoms. The van der Waals surface area contributed by atoms with Crippen molar-refractivity contribution in [2.45, 2.75) is 47.1 Å². The Labute approximate surface area is 280 Å². The second-order valence-electron chi connectivity index (χ2n) is 11.0.